The monoisotopic (exact) mass is 584 g/mol. The summed E-state index contributed by atoms with van der Waals surface area (Å²) < 4.78 is 42.7. The van der Waals surface area contributed by atoms with Gasteiger partial charge in [0.1, 0.15) is 73.2 Å². The van der Waals surface area contributed by atoms with Crippen molar-refractivity contribution >= 4 is 7.82 Å². The van der Waals surface area contributed by atoms with Gasteiger partial charge in [-0.25, -0.2) is 4.57 Å². The minimum Gasteiger partial charge on any atom is -0.394 e. The Labute approximate surface area is 214 Å². The Kier molecular flexibility index (Phi) is 11.0. The van der Waals surface area contributed by atoms with Crippen LogP contribution in [0.25, 0.3) is 0 Å². The van der Waals surface area contributed by atoms with E-state index in [-0.39, 0.29) is 0 Å². The largest absolute Gasteiger partial charge is 0.470 e. The minimum absolute atomic E-state index is 0.839. The fourth-order valence-corrected chi connectivity index (χ4v) is 4.88. The number of aliphatic hydroxyl groups is 10. The van der Waals surface area contributed by atoms with E-state index in [0.29, 0.717) is 0 Å². The molecule has 19 nitrogen and oxygen atoms in total. The fraction of sp³-hybridized carbons (Fsp3) is 1.00. The Morgan fingerprint density at radius 1 is 0.553 bits per heavy atom. The van der Waals surface area contributed by atoms with E-state index in [4.69, 9.17) is 23.7 Å². The second-order valence-electron chi connectivity index (χ2n) is 8.90. The summed E-state index contributed by atoms with van der Waals surface area (Å²) in [5.41, 5.74) is 0. The number of phosphoric acid groups is 1. The van der Waals surface area contributed by atoms with E-state index in [0.717, 1.165) is 0 Å². The van der Waals surface area contributed by atoms with E-state index in [1.54, 1.807) is 0 Å². The summed E-state index contributed by atoms with van der Waals surface area (Å²) in [4.78, 5) is 18.8. The van der Waals surface area contributed by atoms with Crippen LogP contribution >= 0.6 is 7.82 Å². The SMILES string of the molecule is O=P(O)(O)O[C@@H]1[C@@H](O)[C@@H](O[C@H]2[C@H](O)[C@@H](O)C(O)O[C@@H]2CO)O[C@H](CO)[C@H]1O[C@H]1O[C@H](CO)[C@@H](O)[C@H](O)[C@H]1O. The molecule has 12 N–H and O–H groups in total. The number of rotatable bonds is 9. The van der Waals surface area contributed by atoms with Gasteiger partial charge in [0.2, 0.25) is 0 Å². The summed E-state index contributed by atoms with van der Waals surface area (Å²) in [6, 6.07) is 0. The molecule has 224 valence electrons. The van der Waals surface area contributed by atoms with Crippen molar-refractivity contribution in [3.8, 4) is 0 Å². The molecule has 1 unspecified atom stereocenters. The number of phosphoric ester groups is 1. The van der Waals surface area contributed by atoms with Gasteiger partial charge in [0.15, 0.2) is 18.9 Å². The van der Waals surface area contributed by atoms with Crippen LogP contribution in [0.1, 0.15) is 0 Å². The second kappa shape index (κ2) is 13.0. The molecule has 3 heterocycles. The molecule has 3 aliphatic rings. The van der Waals surface area contributed by atoms with E-state index in [2.05, 4.69) is 4.52 Å². The van der Waals surface area contributed by atoms with Gasteiger partial charge < -0.3 is 84.5 Å². The van der Waals surface area contributed by atoms with Crippen molar-refractivity contribution in [2.45, 2.75) is 92.1 Å². The minimum atomic E-state index is -5.42. The van der Waals surface area contributed by atoms with Crippen LogP contribution in [0.4, 0.5) is 0 Å². The normalized spacial score (nSPS) is 48.7. The van der Waals surface area contributed by atoms with Crippen LogP contribution in [-0.4, -0.2) is 173 Å². The lowest BCUT2D eigenvalue weighted by molar-refractivity contribution is -0.376. The van der Waals surface area contributed by atoms with Gasteiger partial charge in [0.25, 0.3) is 0 Å². The zero-order valence-electron chi connectivity index (χ0n) is 19.5. The summed E-state index contributed by atoms with van der Waals surface area (Å²) in [7, 11) is -5.42. The van der Waals surface area contributed by atoms with Gasteiger partial charge in [-0.1, -0.05) is 0 Å². The zero-order chi connectivity index (χ0) is 28.5. The van der Waals surface area contributed by atoms with Crippen LogP contribution in [0, 0.1) is 0 Å². The first-order valence-electron chi connectivity index (χ1n) is 11.3. The van der Waals surface area contributed by atoms with Crippen LogP contribution in [0.2, 0.25) is 0 Å². The summed E-state index contributed by atoms with van der Waals surface area (Å²) in [5.74, 6) is 0. The van der Waals surface area contributed by atoms with Gasteiger partial charge in [0, 0.05) is 0 Å². The first kappa shape index (κ1) is 32.0. The lowest BCUT2D eigenvalue weighted by Crippen LogP contribution is -2.66. The third-order valence-electron chi connectivity index (χ3n) is 6.32. The summed E-state index contributed by atoms with van der Waals surface area (Å²) in [5, 5.41) is 99.6. The number of hydrogen-bond donors (Lipinski definition) is 12. The Morgan fingerprint density at radius 3 is 1.61 bits per heavy atom. The predicted molar refractivity (Wildman–Crippen MR) is 112 cm³/mol. The molecule has 0 spiro atoms. The molecule has 3 fully saturated rings. The molecule has 0 aliphatic carbocycles. The molecule has 15 atom stereocenters. The van der Waals surface area contributed by atoms with Gasteiger partial charge >= 0.3 is 7.82 Å². The van der Waals surface area contributed by atoms with Gasteiger partial charge in [-0.2, -0.15) is 0 Å². The van der Waals surface area contributed by atoms with Crippen LogP contribution in [0.5, 0.6) is 0 Å². The third kappa shape index (κ3) is 6.86. The van der Waals surface area contributed by atoms with Gasteiger partial charge in [-0.05, 0) is 0 Å². The Hall–Kier alpha value is -0.490. The van der Waals surface area contributed by atoms with Crippen LogP contribution in [-0.2, 0) is 32.8 Å². The Morgan fingerprint density at radius 2 is 1.05 bits per heavy atom. The highest BCUT2D eigenvalue weighted by atomic mass is 31.2. The lowest BCUT2D eigenvalue weighted by atomic mass is 9.96. The van der Waals surface area contributed by atoms with E-state index in [1.807, 2.05) is 0 Å². The highest BCUT2D eigenvalue weighted by Gasteiger charge is 2.55. The highest BCUT2D eigenvalue weighted by Crippen LogP contribution is 2.43. The van der Waals surface area contributed by atoms with Crippen molar-refractivity contribution in [3.63, 3.8) is 0 Å². The van der Waals surface area contributed by atoms with Crippen molar-refractivity contribution in [2.75, 3.05) is 19.8 Å². The molecule has 3 saturated heterocycles. The van der Waals surface area contributed by atoms with Gasteiger partial charge in [0.05, 0.1) is 19.8 Å². The maximum atomic E-state index is 11.7. The first-order valence-corrected chi connectivity index (χ1v) is 12.9. The fourth-order valence-electron chi connectivity index (χ4n) is 4.32. The Bertz CT molecular complexity index is 796. The molecule has 0 amide bonds. The third-order valence-corrected chi connectivity index (χ3v) is 6.84. The predicted octanol–water partition coefficient (Wildman–Crippen LogP) is -7.46. The molecule has 3 rings (SSSR count). The van der Waals surface area contributed by atoms with Crippen molar-refractivity contribution in [1.82, 2.24) is 0 Å². The van der Waals surface area contributed by atoms with Crippen LogP contribution in [0.3, 0.4) is 0 Å². The molecule has 3 aliphatic heterocycles. The number of ether oxygens (including phenoxy) is 5. The number of aliphatic hydroxyl groups excluding tert-OH is 10. The highest BCUT2D eigenvalue weighted by molar-refractivity contribution is 7.46. The van der Waals surface area contributed by atoms with Crippen molar-refractivity contribution in [3.05, 3.63) is 0 Å². The van der Waals surface area contributed by atoms with E-state index >= 15 is 0 Å². The number of hydrogen-bond acceptors (Lipinski definition) is 17. The lowest BCUT2D eigenvalue weighted by Gasteiger charge is -2.48. The average Bonchev–Trinajstić information content (AvgIpc) is 2.86. The molecule has 0 aromatic carbocycles. The molecule has 0 aromatic rings. The molecule has 0 aromatic heterocycles. The zero-order valence-corrected chi connectivity index (χ0v) is 20.3. The Balaban J connectivity index is 1.87. The molecule has 0 saturated carbocycles. The molecule has 0 radical (unpaired) electrons. The average molecular weight is 584 g/mol. The van der Waals surface area contributed by atoms with Crippen LogP contribution in [0.15, 0.2) is 0 Å². The molecule has 20 heteroatoms. The molecular formula is C18H33O19P. The van der Waals surface area contributed by atoms with Crippen molar-refractivity contribution in [2.24, 2.45) is 0 Å². The van der Waals surface area contributed by atoms with Crippen LogP contribution < -0.4 is 0 Å². The quantitative estimate of drug-likeness (QED) is 0.112. The van der Waals surface area contributed by atoms with Crippen molar-refractivity contribution in [1.29, 1.82) is 0 Å². The van der Waals surface area contributed by atoms with E-state index in [9.17, 15) is 65.4 Å². The molecule has 38 heavy (non-hydrogen) atoms. The maximum Gasteiger partial charge on any atom is 0.470 e. The smallest absolute Gasteiger partial charge is 0.394 e. The first-order chi connectivity index (χ1) is 17.7. The van der Waals surface area contributed by atoms with E-state index in [1.165, 1.54) is 0 Å². The van der Waals surface area contributed by atoms with Gasteiger partial charge in [-0.15, -0.1) is 0 Å². The topological polar surface area (TPSA) is 315 Å². The summed E-state index contributed by atoms with van der Waals surface area (Å²) >= 11 is 0. The maximum absolute atomic E-state index is 11.7. The second-order valence-corrected chi connectivity index (χ2v) is 10.1. The van der Waals surface area contributed by atoms with Gasteiger partial charge in [-0.3, -0.25) is 4.52 Å². The van der Waals surface area contributed by atoms with E-state index < -0.39 is 120 Å². The molecular weight excluding hydrogens is 551 g/mol. The van der Waals surface area contributed by atoms with Crippen molar-refractivity contribution < 1.29 is 93.6 Å². The summed E-state index contributed by atoms with van der Waals surface area (Å²) in [6.45, 7) is -2.69. The standard InChI is InChI=1S/C18H33O19P/c19-1-4-7(22)8(23)11(26)17(33-4)36-14-6(3-21)34-18(12(27)15(14)37-38(29,30)31)35-13-5(2-20)32-16(28)10(25)9(13)24/h4-28H,1-3H2,(H2,29,30,31)/t4-,5-,6-,7-,8+,9-,10-,11-,12-,13-,14-,15-,16?,17-,18-/m1/s1. The summed E-state index contributed by atoms with van der Waals surface area (Å²) in [6.07, 6.45) is -27.8. The molecule has 0 bridgehead atoms.